The molecule has 2 aromatic rings. The van der Waals surface area contributed by atoms with E-state index in [1.165, 1.54) is 6.26 Å². The molecule has 2 rings (SSSR count). The van der Waals surface area contributed by atoms with Gasteiger partial charge < -0.3 is 9.55 Å². The fraction of sp³-hybridized carbons (Fsp3) is 0.364. The number of fused-ring (bicyclic) bond motifs is 1. The van der Waals surface area contributed by atoms with Gasteiger partial charge in [0.15, 0.2) is 4.77 Å². The van der Waals surface area contributed by atoms with Gasteiger partial charge in [0.25, 0.3) is 0 Å². The molecule has 0 aliphatic heterocycles. The number of nitrogens with zero attached hydrogens (tertiary/aromatic N) is 1. The number of sulfone groups is 1. The van der Waals surface area contributed by atoms with Crippen molar-refractivity contribution in [3.05, 3.63) is 29.0 Å². The molecule has 0 amide bonds. The van der Waals surface area contributed by atoms with E-state index in [0.717, 1.165) is 11.0 Å². The van der Waals surface area contributed by atoms with Crippen LogP contribution in [0, 0.1) is 4.77 Å². The Labute approximate surface area is 105 Å². The number of para-hydroxylation sites is 2. The van der Waals surface area contributed by atoms with Gasteiger partial charge in [-0.05, 0) is 30.8 Å². The normalized spacial score (nSPS) is 12.1. The topological polar surface area (TPSA) is 54.9 Å². The SMILES string of the molecule is CS(=O)(=O)CCCn1c(=S)[nH]c2ccccc21. The Hall–Kier alpha value is -1.14. The summed E-state index contributed by atoms with van der Waals surface area (Å²) in [5.41, 5.74) is 2.00. The molecule has 6 heteroatoms. The number of aryl methyl sites for hydroxylation is 1. The first-order valence-corrected chi connectivity index (χ1v) is 7.79. The van der Waals surface area contributed by atoms with Crippen LogP contribution in [0.5, 0.6) is 0 Å². The number of hydrogen-bond donors (Lipinski definition) is 1. The summed E-state index contributed by atoms with van der Waals surface area (Å²) in [4.78, 5) is 3.10. The number of benzene rings is 1. The van der Waals surface area contributed by atoms with Crippen LogP contribution in [0.3, 0.4) is 0 Å². The maximum absolute atomic E-state index is 11.1. The fourth-order valence-electron chi connectivity index (χ4n) is 1.81. The van der Waals surface area contributed by atoms with Crippen molar-refractivity contribution < 1.29 is 8.42 Å². The lowest BCUT2D eigenvalue weighted by Crippen LogP contribution is -2.07. The minimum Gasteiger partial charge on any atom is -0.331 e. The third kappa shape index (κ3) is 2.95. The smallest absolute Gasteiger partial charge is 0.178 e. The fourth-order valence-corrected chi connectivity index (χ4v) is 2.77. The summed E-state index contributed by atoms with van der Waals surface area (Å²) in [6, 6.07) is 7.81. The number of aromatic nitrogens is 2. The van der Waals surface area contributed by atoms with E-state index in [2.05, 4.69) is 4.98 Å². The number of aromatic amines is 1. The summed E-state index contributed by atoms with van der Waals surface area (Å²) in [6.45, 7) is 0.621. The van der Waals surface area contributed by atoms with Gasteiger partial charge in [0, 0.05) is 12.8 Å². The van der Waals surface area contributed by atoms with E-state index in [1.54, 1.807) is 0 Å². The largest absolute Gasteiger partial charge is 0.331 e. The van der Waals surface area contributed by atoms with Crippen LogP contribution in [0.2, 0.25) is 0 Å². The Morgan fingerprint density at radius 3 is 2.76 bits per heavy atom. The van der Waals surface area contributed by atoms with Crippen molar-refractivity contribution in [2.75, 3.05) is 12.0 Å². The predicted octanol–water partition coefficient (Wildman–Crippen LogP) is 2.13. The molecule has 1 aromatic carbocycles. The molecule has 1 aromatic heterocycles. The Bertz CT molecular complexity index is 683. The van der Waals surface area contributed by atoms with Gasteiger partial charge in [-0.1, -0.05) is 12.1 Å². The van der Waals surface area contributed by atoms with E-state index in [4.69, 9.17) is 12.2 Å². The van der Waals surface area contributed by atoms with Gasteiger partial charge in [0.05, 0.1) is 16.8 Å². The van der Waals surface area contributed by atoms with Crippen LogP contribution in [0.1, 0.15) is 6.42 Å². The van der Waals surface area contributed by atoms with E-state index in [1.807, 2.05) is 28.8 Å². The van der Waals surface area contributed by atoms with Crippen LogP contribution in [-0.2, 0) is 16.4 Å². The number of rotatable bonds is 4. The molecule has 0 fully saturated rings. The zero-order valence-electron chi connectivity index (χ0n) is 9.51. The zero-order chi connectivity index (χ0) is 12.5. The Morgan fingerprint density at radius 1 is 1.35 bits per heavy atom. The standard InChI is InChI=1S/C11H14N2O2S2/c1-17(14,15)8-4-7-13-10-6-3-2-5-9(10)12-11(13)16/h2-3,5-6H,4,7-8H2,1H3,(H,12,16). The van der Waals surface area contributed by atoms with Crippen molar-refractivity contribution in [1.82, 2.24) is 9.55 Å². The minimum atomic E-state index is -2.90. The second kappa shape index (κ2) is 4.62. The molecule has 0 spiro atoms. The molecule has 1 heterocycles. The highest BCUT2D eigenvalue weighted by Crippen LogP contribution is 2.13. The maximum atomic E-state index is 11.1. The maximum Gasteiger partial charge on any atom is 0.178 e. The van der Waals surface area contributed by atoms with Crippen LogP contribution in [0.4, 0.5) is 0 Å². The molecule has 0 radical (unpaired) electrons. The van der Waals surface area contributed by atoms with Crippen LogP contribution in [-0.4, -0.2) is 30.0 Å². The van der Waals surface area contributed by atoms with Crippen molar-refractivity contribution in [3.63, 3.8) is 0 Å². The first-order valence-electron chi connectivity index (χ1n) is 5.33. The lowest BCUT2D eigenvalue weighted by atomic mass is 10.3. The minimum absolute atomic E-state index is 0.189. The van der Waals surface area contributed by atoms with Gasteiger partial charge in [-0.25, -0.2) is 8.42 Å². The Kier molecular flexibility index (Phi) is 3.35. The van der Waals surface area contributed by atoms with Crippen LogP contribution in [0.15, 0.2) is 24.3 Å². The monoisotopic (exact) mass is 270 g/mol. The highest BCUT2D eigenvalue weighted by molar-refractivity contribution is 7.90. The summed E-state index contributed by atoms with van der Waals surface area (Å²) in [5.74, 6) is 0.189. The molecule has 0 bridgehead atoms. The second-order valence-electron chi connectivity index (χ2n) is 4.08. The molecule has 92 valence electrons. The summed E-state index contributed by atoms with van der Waals surface area (Å²) in [7, 11) is -2.90. The summed E-state index contributed by atoms with van der Waals surface area (Å²) in [5, 5.41) is 0. The molecule has 0 saturated carbocycles. The third-order valence-corrected chi connectivity index (χ3v) is 3.93. The number of H-pyrrole nitrogens is 1. The quantitative estimate of drug-likeness (QED) is 0.866. The first kappa shape index (κ1) is 12.3. The molecular weight excluding hydrogens is 256 g/mol. The average Bonchev–Trinajstić information content (AvgIpc) is 2.54. The lowest BCUT2D eigenvalue weighted by Gasteiger charge is -2.03. The third-order valence-electron chi connectivity index (χ3n) is 2.58. The molecule has 4 nitrogen and oxygen atoms in total. The summed E-state index contributed by atoms with van der Waals surface area (Å²) in [6.07, 6.45) is 1.83. The molecule has 0 atom stereocenters. The highest BCUT2D eigenvalue weighted by Gasteiger charge is 2.05. The van der Waals surface area contributed by atoms with Gasteiger partial charge in [-0.2, -0.15) is 0 Å². The molecule has 0 saturated heterocycles. The van der Waals surface area contributed by atoms with E-state index >= 15 is 0 Å². The molecule has 1 N–H and O–H groups in total. The lowest BCUT2D eigenvalue weighted by molar-refractivity contribution is 0.592. The number of nitrogens with one attached hydrogen (secondary N) is 1. The zero-order valence-corrected chi connectivity index (χ0v) is 11.1. The van der Waals surface area contributed by atoms with E-state index < -0.39 is 9.84 Å². The molecule has 0 aliphatic carbocycles. The highest BCUT2D eigenvalue weighted by atomic mass is 32.2. The van der Waals surface area contributed by atoms with Crippen molar-refractivity contribution in [2.24, 2.45) is 0 Å². The molecule has 0 aliphatic rings. The van der Waals surface area contributed by atoms with Gasteiger partial charge >= 0.3 is 0 Å². The second-order valence-corrected chi connectivity index (χ2v) is 6.73. The summed E-state index contributed by atoms with van der Waals surface area (Å²) >= 11 is 5.22. The summed E-state index contributed by atoms with van der Waals surface area (Å²) < 4.78 is 24.7. The van der Waals surface area contributed by atoms with Gasteiger partial charge in [0.1, 0.15) is 9.84 Å². The van der Waals surface area contributed by atoms with E-state index in [0.29, 0.717) is 17.7 Å². The molecule has 0 unspecified atom stereocenters. The van der Waals surface area contributed by atoms with E-state index in [-0.39, 0.29) is 5.75 Å². The van der Waals surface area contributed by atoms with Gasteiger partial charge in [-0.3, -0.25) is 0 Å². The number of imidazole rings is 1. The molecular formula is C11H14N2O2S2. The predicted molar refractivity (Wildman–Crippen MR) is 71.5 cm³/mol. The van der Waals surface area contributed by atoms with Gasteiger partial charge in [-0.15, -0.1) is 0 Å². The van der Waals surface area contributed by atoms with E-state index in [9.17, 15) is 8.42 Å². The number of hydrogen-bond acceptors (Lipinski definition) is 3. The van der Waals surface area contributed by atoms with Crippen LogP contribution >= 0.6 is 12.2 Å². The Morgan fingerprint density at radius 2 is 2.06 bits per heavy atom. The average molecular weight is 270 g/mol. The van der Waals surface area contributed by atoms with Gasteiger partial charge in [0.2, 0.25) is 0 Å². The van der Waals surface area contributed by atoms with Crippen LogP contribution in [0.25, 0.3) is 11.0 Å². The van der Waals surface area contributed by atoms with Crippen molar-refractivity contribution in [3.8, 4) is 0 Å². The Balaban J connectivity index is 2.24. The first-order chi connectivity index (χ1) is 7.97. The van der Waals surface area contributed by atoms with Crippen molar-refractivity contribution in [1.29, 1.82) is 0 Å². The molecule has 17 heavy (non-hydrogen) atoms. The van der Waals surface area contributed by atoms with Crippen molar-refractivity contribution in [2.45, 2.75) is 13.0 Å². The van der Waals surface area contributed by atoms with Crippen LogP contribution < -0.4 is 0 Å². The van der Waals surface area contributed by atoms with Crippen molar-refractivity contribution >= 4 is 33.1 Å².